The number of carbonyl (C=O) groups excluding carboxylic acids is 1. The van der Waals surface area contributed by atoms with Crippen molar-refractivity contribution in [3.63, 3.8) is 0 Å². The second-order valence-corrected chi connectivity index (χ2v) is 8.46. The van der Waals surface area contributed by atoms with Crippen molar-refractivity contribution in [1.29, 1.82) is 0 Å². The highest BCUT2D eigenvalue weighted by Gasteiger charge is 2.29. The Bertz CT molecular complexity index is 553. The molecule has 0 aliphatic carbocycles. The van der Waals surface area contributed by atoms with Crippen LogP contribution in [0.1, 0.15) is 63.0 Å². The average molecular weight is 318 g/mol. The lowest BCUT2D eigenvalue weighted by molar-refractivity contribution is 0.0735. The van der Waals surface area contributed by atoms with Crippen LogP contribution in [0.4, 0.5) is 0 Å². The van der Waals surface area contributed by atoms with Gasteiger partial charge in [0.15, 0.2) is 0 Å². The number of carbonyl (C=O) groups is 1. The Balaban J connectivity index is 2.53. The van der Waals surface area contributed by atoms with E-state index >= 15 is 0 Å². The Morgan fingerprint density at radius 1 is 1.00 bits per heavy atom. The van der Waals surface area contributed by atoms with E-state index in [2.05, 4.69) is 46.9 Å². The molecule has 23 heavy (non-hydrogen) atoms. The van der Waals surface area contributed by atoms with Crippen LogP contribution < -0.4 is 5.32 Å². The van der Waals surface area contributed by atoms with Gasteiger partial charge in [0.05, 0.1) is 0 Å². The third-order valence-electron chi connectivity index (χ3n) is 4.38. The van der Waals surface area contributed by atoms with Gasteiger partial charge in [-0.3, -0.25) is 4.79 Å². The minimum Gasteiger partial charge on any atom is -0.507 e. The zero-order chi connectivity index (χ0) is 17.4. The lowest BCUT2D eigenvalue weighted by Crippen LogP contribution is -2.46. The number of amides is 1. The van der Waals surface area contributed by atoms with E-state index in [0.717, 1.165) is 37.3 Å². The van der Waals surface area contributed by atoms with Crippen molar-refractivity contribution in [1.82, 2.24) is 10.2 Å². The molecule has 2 N–H and O–H groups in total. The Hall–Kier alpha value is -1.55. The minimum atomic E-state index is -0.218. The van der Waals surface area contributed by atoms with Gasteiger partial charge in [-0.05, 0) is 23.0 Å². The van der Waals surface area contributed by atoms with Crippen molar-refractivity contribution in [2.75, 3.05) is 26.2 Å². The van der Waals surface area contributed by atoms with Gasteiger partial charge in [-0.25, -0.2) is 0 Å². The fourth-order valence-electron chi connectivity index (χ4n) is 2.95. The number of phenols is 1. The number of piperazine rings is 1. The number of hydrogen-bond acceptors (Lipinski definition) is 3. The SMILES string of the molecule is CC(C)(C)c1cc(C(=O)N2CCNCC2)cc(C(C)(C)C)c1O. The van der Waals surface area contributed by atoms with E-state index in [1.165, 1.54) is 0 Å². The highest BCUT2D eigenvalue weighted by molar-refractivity contribution is 5.95. The molecule has 0 atom stereocenters. The van der Waals surface area contributed by atoms with E-state index in [0.29, 0.717) is 11.3 Å². The lowest BCUT2D eigenvalue weighted by atomic mass is 9.78. The number of rotatable bonds is 1. The molecule has 0 spiro atoms. The summed E-state index contributed by atoms with van der Waals surface area (Å²) in [6, 6.07) is 3.74. The minimum absolute atomic E-state index is 0.0579. The molecule has 1 fully saturated rings. The van der Waals surface area contributed by atoms with E-state index in [4.69, 9.17) is 0 Å². The highest BCUT2D eigenvalue weighted by Crippen LogP contribution is 2.39. The number of phenolic OH excluding ortho intramolecular Hbond substituents is 1. The standard InChI is InChI=1S/C19H30N2O2/c1-18(2,3)14-11-13(12-15(16(14)22)19(4,5)6)17(23)21-9-7-20-8-10-21/h11-12,20,22H,7-10H2,1-6H3. The maximum atomic E-state index is 12.9. The predicted molar refractivity (Wildman–Crippen MR) is 94.3 cm³/mol. The fraction of sp³-hybridized carbons (Fsp3) is 0.632. The number of nitrogens with one attached hydrogen (secondary N) is 1. The molecule has 0 saturated carbocycles. The highest BCUT2D eigenvalue weighted by atomic mass is 16.3. The summed E-state index contributed by atoms with van der Waals surface area (Å²) < 4.78 is 0. The first kappa shape index (κ1) is 17.8. The topological polar surface area (TPSA) is 52.6 Å². The second kappa shape index (κ2) is 6.16. The van der Waals surface area contributed by atoms with Crippen LogP contribution >= 0.6 is 0 Å². The molecule has 1 amide bonds. The van der Waals surface area contributed by atoms with Gasteiger partial charge in [-0.1, -0.05) is 41.5 Å². The summed E-state index contributed by atoms with van der Waals surface area (Å²) >= 11 is 0. The van der Waals surface area contributed by atoms with Crippen molar-refractivity contribution in [3.8, 4) is 5.75 Å². The van der Waals surface area contributed by atoms with Crippen molar-refractivity contribution in [3.05, 3.63) is 28.8 Å². The molecule has 1 aliphatic heterocycles. The van der Waals surface area contributed by atoms with Gasteiger partial charge in [0.25, 0.3) is 5.91 Å². The Kier molecular flexibility index (Phi) is 4.76. The van der Waals surface area contributed by atoms with Crippen molar-refractivity contribution >= 4 is 5.91 Å². The third kappa shape index (κ3) is 3.86. The molecule has 1 aliphatic rings. The van der Waals surface area contributed by atoms with E-state index in [1.807, 2.05) is 17.0 Å². The van der Waals surface area contributed by atoms with Crippen LogP contribution in [-0.2, 0) is 10.8 Å². The fourth-order valence-corrected chi connectivity index (χ4v) is 2.95. The quantitative estimate of drug-likeness (QED) is 0.837. The van der Waals surface area contributed by atoms with Crippen molar-refractivity contribution in [2.45, 2.75) is 52.4 Å². The molecule has 1 aromatic carbocycles. The normalized spacial score (nSPS) is 16.5. The molecule has 128 valence electrons. The van der Waals surface area contributed by atoms with Crippen LogP contribution in [0, 0.1) is 0 Å². The molecule has 2 rings (SSSR count). The molecule has 1 aromatic rings. The Labute approximate surface area is 139 Å². The number of nitrogens with zero attached hydrogens (tertiary/aromatic N) is 1. The summed E-state index contributed by atoms with van der Waals surface area (Å²) in [5, 5.41) is 14.0. The van der Waals surface area contributed by atoms with Crippen molar-refractivity contribution in [2.24, 2.45) is 0 Å². The molecule has 0 unspecified atom stereocenters. The monoisotopic (exact) mass is 318 g/mol. The zero-order valence-electron chi connectivity index (χ0n) is 15.3. The molecular weight excluding hydrogens is 288 g/mol. The van der Waals surface area contributed by atoms with Crippen LogP contribution in [0.3, 0.4) is 0 Å². The van der Waals surface area contributed by atoms with Gasteiger partial charge in [0, 0.05) is 42.9 Å². The van der Waals surface area contributed by atoms with Gasteiger partial charge < -0.3 is 15.3 Å². The molecular formula is C19H30N2O2. The number of benzene rings is 1. The van der Waals surface area contributed by atoms with E-state index in [1.54, 1.807) is 0 Å². The van der Waals surface area contributed by atoms with Crippen LogP contribution in [0.2, 0.25) is 0 Å². The summed E-state index contributed by atoms with van der Waals surface area (Å²) in [5.74, 6) is 0.379. The summed E-state index contributed by atoms with van der Waals surface area (Å²) in [4.78, 5) is 14.8. The largest absolute Gasteiger partial charge is 0.507 e. The summed E-state index contributed by atoms with van der Waals surface area (Å²) in [7, 11) is 0. The average Bonchev–Trinajstić information content (AvgIpc) is 2.45. The molecule has 4 nitrogen and oxygen atoms in total. The maximum Gasteiger partial charge on any atom is 0.253 e. The molecule has 4 heteroatoms. The van der Waals surface area contributed by atoms with E-state index in [9.17, 15) is 9.90 Å². The maximum absolute atomic E-state index is 12.9. The zero-order valence-corrected chi connectivity index (χ0v) is 15.3. The lowest BCUT2D eigenvalue weighted by Gasteiger charge is -2.31. The van der Waals surface area contributed by atoms with Gasteiger partial charge in [0.1, 0.15) is 5.75 Å². The first-order chi connectivity index (χ1) is 10.5. The predicted octanol–water partition coefficient (Wildman–Crippen LogP) is 3.03. The first-order valence-corrected chi connectivity index (χ1v) is 8.40. The summed E-state index contributed by atoms with van der Waals surface area (Å²) in [6.07, 6.45) is 0. The van der Waals surface area contributed by atoms with Gasteiger partial charge in [-0.15, -0.1) is 0 Å². The van der Waals surface area contributed by atoms with E-state index in [-0.39, 0.29) is 16.7 Å². The Morgan fingerprint density at radius 3 is 1.83 bits per heavy atom. The number of hydrogen-bond donors (Lipinski definition) is 2. The first-order valence-electron chi connectivity index (χ1n) is 8.40. The summed E-state index contributed by atoms with van der Waals surface area (Å²) in [5.41, 5.74) is 1.92. The molecule has 1 saturated heterocycles. The summed E-state index contributed by atoms with van der Waals surface area (Å²) in [6.45, 7) is 15.5. The van der Waals surface area contributed by atoms with Crippen LogP contribution in [0.5, 0.6) is 5.75 Å². The number of aromatic hydroxyl groups is 1. The molecule has 0 bridgehead atoms. The van der Waals surface area contributed by atoms with Crippen molar-refractivity contribution < 1.29 is 9.90 Å². The van der Waals surface area contributed by atoms with Crippen LogP contribution in [0.25, 0.3) is 0 Å². The smallest absolute Gasteiger partial charge is 0.253 e. The third-order valence-corrected chi connectivity index (χ3v) is 4.38. The van der Waals surface area contributed by atoms with Crippen LogP contribution in [0.15, 0.2) is 12.1 Å². The molecule has 1 heterocycles. The van der Waals surface area contributed by atoms with Crippen LogP contribution in [-0.4, -0.2) is 42.1 Å². The second-order valence-electron chi connectivity index (χ2n) is 8.46. The van der Waals surface area contributed by atoms with Gasteiger partial charge in [-0.2, -0.15) is 0 Å². The molecule has 0 radical (unpaired) electrons. The Morgan fingerprint density at radius 2 is 1.43 bits per heavy atom. The van der Waals surface area contributed by atoms with Gasteiger partial charge >= 0.3 is 0 Å². The van der Waals surface area contributed by atoms with E-state index < -0.39 is 0 Å². The molecule has 0 aromatic heterocycles. The van der Waals surface area contributed by atoms with Gasteiger partial charge in [0.2, 0.25) is 0 Å².